The summed E-state index contributed by atoms with van der Waals surface area (Å²) >= 11 is 13.2. The van der Waals surface area contributed by atoms with E-state index in [2.05, 4.69) is 10.6 Å². The minimum absolute atomic E-state index is 0.0610. The molecule has 158 valence electrons. The smallest absolute Gasteiger partial charge is 0.336 e. The van der Waals surface area contributed by atoms with Crippen molar-refractivity contribution in [2.24, 2.45) is 0 Å². The number of carbonyl (C=O) groups is 3. The van der Waals surface area contributed by atoms with Gasteiger partial charge in [-0.3, -0.25) is 9.59 Å². The third-order valence-electron chi connectivity index (χ3n) is 4.07. The number of benzene rings is 3. The molecule has 2 amide bonds. The minimum Gasteiger partial charge on any atom is -0.478 e. The van der Waals surface area contributed by atoms with Gasteiger partial charge in [0.2, 0.25) is 5.91 Å². The van der Waals surface area contributed by atoms with Crippen LogP contribution in [-0.4, -0.2) is 28.6 Å². The number of nitrogens with one attached hydrogen (secondary N) is 2. The predicted octanol–water partition coefficient (Wildman–Crippen LogP) is 5.67. The Morgan fingerprint density at radius 3 is 2.35 bits per heavy atom. The zero-order chi connectivity index (χ0) is 22.4. The number of anilines is 2. The van der Waals surface area contributed by atoms with Crippen molar-refractivity contribution in [2.75, 3.05) is 16.4 Å². The maximum absolute atomic E-state index is 12.5. The molecule has 0 aliphatic rings. The van der Waals surface area contributed by atoms with Gasteiger partial charge in [-0.05, 0) is 48.5 Å². The van der Waals surface area contributed by atoms with Crippen LogP contribution in [0.4, 0.5) is 11.4 Å². The maximum atomic E-state index is 12.5. The van der Waals surface area contributed by atoms with Crippen LogP contribution in [-0.2, 0) is 4.79 Å². The molecule has 0 aliphatic carbocycles. The Hall–Kier alpha value is -3.00. The molecule has 0 heterocycles. The summed E-state index contributed by atoms with van der Waals surface area (Å²) in [5.74, 6) is -1.87. The molecule has 9 heteroatoms. The Kier molecular flexibility index (Phi) is 7.57. The van der Waals surface area contributed by atoms with Crippen molar-refractivity contribution in [1.29, 1.82) is 0 Å². The quantitative estimate of drug-likeness (QED) is 0.383. The highest BCUT2D eigenvalue weighted by atomic mass is 35.5. The van der Waals surface area contributed by atoms with Crippen LogP contribution >= 0.6 is 35.0 Å². The molecule has 6 nitrogen and oxygen atoms in total. The summed E-state index contributed by atoms with van der Waals surface area (Å²) in [6.07, 6.45) is 0. The SMILES string of the molecule is O=C(CSc1cccc(NC(=O)c2ccccc2C(=O)O)c1)Nc1cc(Cl)ccc1Cl. The van der Waals surface area contributed by atoms with Crippen LogP contribution in [0.25, 0.3) is 0 Å². The molecule has 0 saturated heterocycles. The molecular weight excluding hydrogens is 459 g/mol. The topological polar surface area (TPSA) is 95.5 Å². The number of rotatable bonds is 7. The van der Waals surface area contributed by atoms with E-state index in [0.29, 0.717) is 21.4 Å². The van der Waals surface area contributed by atoms with Crippen LogP contribution in [0.1, 0.15) is 20.7 Å². The standard InChI is InChI=1S/C22H16Cl2N2O4S/c23-13-8-9-18(24)19(10-13)26-20(27)12-31-15-5-3-4-14(11-15)25-21(28)16-6-1-2-7-17(16)22(29)30/h1-11H,12H2,(H,25,28)(H,26,27)(H,29,30). The van der Waals surface area contributed by atoms with Crippen molar-refractivity contribution < 1.29 is 19.5 Å². The van der Waals surface area contributed by atoms with E-state index in [-0.39, 0.29) is 22.8 Å². The number of carbonyl (C=O) groups excluding carboxylic acids is 2. The fraction of sp³-hybridized carbons (Fsp3) is 0.0455. The highest BCUT2D eigenvalue weighted by Gasteiger charge is 2.16. The van der Waals surface area contributed by atoms with Gasteiger partial charge in [0.15, 0.2) is 0 Å². The lowest BCUT2D eigenvalue weighted by Gasteiger charge is -2.10. The zero-order valence-electron chi connectivity index (χ0n) is 15.9. The van der Waals surface area contributed by atoms with Crippen molar-refractivity contribution in [2.45, 2.75) is 4.90 Å². The molecule has 0 atom stereocenters. The van der Waals surface area contributed by atoms with Crippen LogP contribution in [0, 0.1) is 0 Å². The molecule has 0 fully saturated rings. The van der Waals surface area contributed by atoms with Gasteiger partial charge in [-0.15, -0.1) is 11.8 Å². The van der Waals surface area contributed by atoms with E-state index in [1.54, 1.807) is 54.6 Å². The first kappa shape index (κ1) is 22.7. The average Bonchev–Trinajstić information content (AvgIpc) is 2.75. The van der Waals surface area contributed by atoms with Crippen LogP contribution in [0.5, 0.6) is 0 Å². The molecule has 0 spiro atoms. The molecule has 0 bridgehead atoms. The fourth-order valence-electron chi connectivity index (χ4n) is 2.66. The molecule has 3 aromatic carbocycles. The van der Waals surface area contributed by atoms with E-state index in [4.69, 9.17) is 23.2 Å². The van der Waals surface area contributed by atoms with Gasteiger partial charge in [-0.25, -0.2) is 4.79 Å². The lowest BCUT2D eigenvalue weighted by molar-refractivity contribution is -0.113. The highest BCUT2D eigenvalue weighted by Crippen LogP contribution is 2.27. The number of carboxylic acids is 1. The summed E-state index contributed by atoms with van der Waals surface area (Å²) < 4.78 is 0. The van der Waals surface area contributed by atoms with Gasteiger partial charge in [-0.1, -0.05) is 41.4 Å². The monoisotopic (exact) mass is 474 g/mol. The van der Waals surface area contributed by atoms with Gasteiger partial charge in [0.1, 0.15) is 0 Å². The Morgan fingerprint density at radius 1 is 0.871 bits per heavy atom. The van der Waals surface area contributed by atoms with Gasteiger partial charge in [0.05, 0.1) is 27.6 Å². The summed E-state index contributed by atoms with van der Waals surface area (Å²) in [5, 5.41) is 15.5. The third-order valence-corrected chi connectivity index (χ3v) is 5.62. The molecular formula is C22H16Cl2N2O4S. The van der Waals surface area contributed by atoms with E-state index >= 15 is 0 Å². The van der Waals surface area contributed by atoms with Crippen LogP contribution in [0.15, 0.2) is 71.6 Å². The van der Waals surface area contributed by atoms with Crippen molar-refractivity contribution in [1.82, 2.24) is 0 Å². The van der Waals surface area contributed by atoms with Crippen molar-refractivity contribution >= 4 is 64.1 Å². The first-order valence-corrected chi connectivity index (χ1v) is 10.7. The first-order valence-electron chi connectivity index (χ1n) is 8.95. The number of halogens is 2. The average molecular weight is 475 g/mol. The van der Waals surface area contributed by atoms with Gasteiger partial charge < -0.3 is 15.7 Å². The highest BCUT2D eigenvalue weighted by molar-refractivity contribution is 8.00. The van der Waals surface area contributed by atoms with Gasteiger partial charge in [0, 0.05) is 15.6 Å². The molecule has 0 radical (unpaired) electrons. The normalized spacial score (nSPS) is 10.4. The second kappa shape index (κ2) is 10.3. The molecule has 3 rings (SSSR count). The summed E-state index contributed by atoms with van der Waals surface area (Å²) in [7, 11) is 0. The summed E-state index contributed by atoms with van der Waals surface area (Å²) in [6.45, 7) is 0. The largest absolute Gasteiger partial charge is 0.478 e. The third kappa shape index (κ3) is 6.24. The Labute approximate surface area is 192 Å². The van der Waals surface area contributed by atoms with E-state index in [1.165, 1.54) is 23.9 Å². The van der Waals surface area contributed by atoms with E-state index < -0.39 is 11.9 Å². The number of thioether (sulfide) groups is 1. The fourth-order valence-corrected chi connectivity index (χ4v) is 3.75. The van der Waals surface area contributed by atoms with E-state index in [1.807, 2.05) is 0 Å². The van der Waals surface area contributed by atoms with E-state index in [0.717, 1.165) is 4.90 Å². The number of carboxylic acid groups (broad SMARTS) is 1. The summed E-state index contributed by atoms with van der Waals surface area (Å²) in [6, 6.07) is 17.7. The number of hydrogen-bond acceptors (Lipinski definition) is 4. The Morgan fingerprint density at radius 2 is 1.61 bits per heavy atom. The number of amides is 2. The second-order valence-corrected chi connectivity index (χ2v) is 8.19. The molecule has 0 aromatic heterocycles. The Bertz CT molecular complexity index is 1150. The first-order chi connectivity index (χ1) is 14.8. The summed E-state index contributed by atoms with van der Waals surface area (Å²) in [5.41, 5.74) is 0.888. The van der Waals surface area contributed by atoms with Crippen LogP contribution in [0.2, 0.25) is 10.0 Å². The van der Waals surface area contributed by atoms with Crippen molar-refractivity contribution in [3.63, 3.8) is 0 Å². The molecule has 3 aromatic rings. The molecule has 3 N–H and O–H groups in total. The van der Waals surface area contributed by atoms with Crippen molar-refractivity contribution in [3.8, 4) is 0 Å². The maximum Gasteiger partial charge on any atom is 0.336 e. The minimum atomic E-state index is -1.18. The van der Waals surface area contributed by atoms with E-state index in [9.17, 15) is 19.5 Å². The van der Waals surface area contributed by atoms with Gasteiger partial charge in [-0.2, -0.15) is 0 Å². The molecule has 0 saturated carbocycles. The van der Waals surface area contributed by atoms with Crippen LogP contribution in [0.3, 0.4) is 0 Å². The second-order valence-electron chi connectivity index (χ2n) is 6.29. The molecule has 0 unspecified atom stereocenters. The molecule has 31 heavy (non-hydrogen) atoms. The zero-order valence-corrected chi connectivity index (χ0v) is 18.2. The van der Waals surface area contributed by atoms with Crippen LogP contribution < -0.4 is 10.6 Å². The lowest BCUT2D eigenvalue weighted by atomic mass is 10.1. The van der Waals surface area contributed by atoms with Crippen molar-refractivity contribution in [3.05, 3.63) is 87.9 Å². The van der Waals surface area contributed by atoms with Gasteiger partial charge in [0.25, 0.3) is 5.91 Å². The molecule has 0 aliphatic heterocycles. The summed E-state index contributed by atoms with van der Waals surface area (Å²) in [4.78, 5) is 36.8. The predicted molar refractivity (Wildman–Crippen MR) is 124 cm³/mol. The number of hydrogen-bond donors (Lipinski definition) is 3. The number of aromatic carboxylic acids is 1. The Balaban J connectivity index is 1.63. The van der Waals surface area contributed by atoms with Gasteiger partial charge >= 0.3 is 5.97 Å². The lowest BCUT2D eigenvalue weighted by Crippen LogP contribution is -2.16.